The van der Waals surface area contributed by atoms with E-state index >= 15 is 0 Å². The molecule has 13 heavy (non-hydrogen) atoms. The number of anilines is 1. The van der Waals surface area contributed by atoms with Gasteiger partial charge in [-0.1, -0.05) is 0 Å². The van der Waals surface area contributed by atoms with Gasteiger partial charge in [0.25, 0.3) is 0 Å². The van der Waals surface area contributed by atoms with Crippen LogP contribution >= 0.6 is 0 Å². The van der Waals surface area contributed by atoms with Gasteiger partial charge in [-0.2, -0.15) is 0 Å². The number of nitrogens with zero attached hydrogens (tertiary/aromatic N) is 2. The average Bonchev–Trinajstić information content (AvgIpc) is 2.89. The molecule has 1 aromatic heterocycles. The van der Waals surface area contributed by atoms with Crippen LogP contribution in [0.1, 0.15) is 12.8 Å². The minimum Gasteiger partial charge on any atom is -0.487 e. The van der Waals surface area contributed by atoms with Crippen molar-refractivity contribution in [1.29, 1.82) is 0 Å². The molecule has 3 nitrogen and oxygen atoms in total. The molecule has 0 atom stereocenters. The maximum absolute atomic E-state index is 5.71. The van der Waals surface area contributed by atoms with Crippen molar-refractivity contribution in [3.05, 3.63) is 18.3 Å². The third kappa shape index (κ3) is 1.91. The molecule has 0 N–H and O–H groups in total. The smallest absolute Gasteiger partial charge is 0.170 e. The van der Waals surface area contributed by atoms with Gasteiger partial charge in [0, 0.05) is 20.3 Å². The van der Waals surface area contributed by atoms with Crippen LogP contribution in [0.2, 0.25) is 0 Å². The lowest BCUT2D eigenvalue weighted by atomic mass is 10.4. The van der Waals surface area contributed by atoms with E-state index in [-0.39, 0.29) is 0 Å². The van der Waals surface area contributed by atoms with E-state index in [1.54, 1.807) is 6.20 Å². The van der Waals surface area contributed by atoms with Crippen molar-refractivity contribution in [2.24, 2.45) is 0 Å². The highest BCUT2D eigenvalue weighted by atomic mass is 16.5. The van der Waals surface area contributed by atoms with Crippen LogP contribution in [0.4, 0.5) is 5.82 Å². The Labute approximate surface area is 78.3 Å². The van der Waals surface area contributed by atoms with Gasteiger partial charge in [-0.25, -0.2) is 4.98 Å². The highest BCUT2D eigenvalue weighted by Gasteiger charge is 2.24. The second-order valence-electron chi connectivity index (χ2n) is 3.54. The molecular formula is C10H14N2O. The van der Waals surface area contributed by atoms with E-state index < -0.39 is 0 Å². The van der Waals surface area contributed by atoms with Crippen LogP contribution < -0.4 is 9.64 Å². The summed E-state index contributed by atoms with van der Waals surface area (Å²) in [5.41, 5.74) is 0. The van der Waals surface area contributed by atoms with E-state index in [1.807, 2.05) is 31.1 Å². The number of rotatable bonds is 3. The minimum absolute atomic E-state index is 0.433. The van der Waals surface area contributed by atoms with Gasteiger partial charge in [-0.3, -0.25) is 0 Å². The van der Waals surface area contributed by atoms with E-state index in [0.717, 1.165) is 11.6 Å². The van der Waals surface area contributed by atoms with Gasteiger partial charge < -0.3 is 9.64 Å². The monoisotopic (exact) mass is 178 g/mol. The molecule has 0 spiro atoms. The zero-order valence-electron chi connectivity index (χ0n) is 8.03. The van der Waals surface area contributed by atoms with Gasteiger partial charge in [0.15, 0.2) is 11.6 Å². The molecule has 1 fully saturated rings. The van der Waals surface area contributed by atoms with Gasteiger partial charge in [-0.05, 0) is 25.0 Å². The van der Waals surface area contributed by atoms with E-state index in [1.165, 1.54) is 12.8 Å². The molecule has 1 saturated carbocycles. The van der Waals surface area contributed by atoms with Crippen LogP contribution in [0.5, 0.6) is 5.75 Å². The summed E-state index contributed by atoms with van der Waals surface area (Å²) in [5.74, 6) is 1.81. The largest absolute Gasteiger partial charge is 0.487 e. The van der Waals surface area contributed by atoms with Gasteiger partial charge in [0.05, 0.1) is 6.10 Å². The van der Waals surface area contributed by atoms with Gasteiger partial charge in [0.1, 0.15) is 0 Å². The fourth-order valence-electron chi connectivity index (χ4n) is 1.18. The van der Waals surface area contributed by atoms with Crippen molar-refractivity contribution >= 4 is 5.82 Å². The first kappa shape index (κ1) is 8.35. The van der Waals surface area contributed by atoms with E-state index in [2.05, 4.69) is 4.98 Å². The molecule has 0 amide bonds. The summed E-state index contributed by atoms with van der Waals surface area (Å²) in [6, 6.07) is 3.88. The van der Waals surface area contributed by atoms with Crippen molar-refractivity contribution in [3.63, 3.8) is 0 Å². The van der Waals surface area contributed by atoms with E-state index in [0.29, 0.717) is 6.10 Å². The van der Waals surface area contributed by atoms with E-state index in [9.17, 15) is 0 Å². The molecule has 3 heteroatoms. The topological polar surface area (TPSA) is 25.4 Å². The average molecular weight is 178 g/mol. The summed E-state index contributed by atoms with van der Waals surface area (Å²) < 4.78 is 5.71. The quantitative estimate of drug-likeness (QED) is 0.704. The number of pyridine rings is 1. The third-order valence-corrected chi connectivity index (χ3v) is 1.99. The van der Waals surface area contributed by atoms with E-state index in [4.69, 9.17) is 4.74 Å². The fourth-order valence-corrected chi connectivity index (χ4v) is 1.18. The Morgan fingerprint density at radius 1 is 1.46 bits per heavy atom. The Bertz CT molecular complexity index is 295. The first-order valence-corrected chi connectivity index (χ1v) is 4.56. The molecule has 0 unspecified atom stereocenters. The minimum atomic E-state index is 0.433. The summed E-state index contributed by atoms with van der Waals surface area (Å²) in [4.78, 5) is 6.23. The summed E-state index contributed by atoms with van der Waals surface area (Å²) >= 11 is 0. The zero-order chi connectivity index (χ0) is 9.26. The predicted molar refractivity (Wildman–Crippen MR) is 52.2 cm³/mol. The summed E-state index contributed by atoms with van der Waals surface area (Å²) in [5, 5.41) is 0. The fraction of sp³-hybridized carbons (Fsp3) is 0.500. The Balaban J connectivity index is 2.20. The van der Waals surface area contributed by atoms with Crippen LogP contribution in [-0.2, 0) is 0 Å². The summed E-state index contributed by atoms with van der Waals surface area (Å²) in [6.45, 7) is 0. The number of hydrogen-bond donors (Lipinski definition) is 0. The normalized spacial score (nSPS) is 15.5. The first-order valence-electron chi connectivity index (χ1n) is 4.56. The summed E-state index contributed by atoms with van der Waals surface area (Å²) in [7, 11) is 3.95. The van der Waals surface area contributed by atoms with Crippen molar-refractivity contribution in [3.8, 4) is 5.75 Å². The van der Waals surface area contributed by atoms with Crippen LogP contribution in [0.3, 0.4) is 0 Å². The van der Waals surface area contributed by atoms with Crippen LogP contribution in [0.15, 0.2) is 18.3 Å². The molecule has 1 aliphatic carbocycles. The number of aromatic nitrogens is 1. The Kier molecular flexibility index (Phi) is 2.08. The molecule has 0 radical (unpaired) electrons. The number of ether oxygens (including phenoxy) is 1. The standard InChI is InChI=1S/C10H14N2O/c1-12(2)10-9(4-3-7-11-10)13-8-5-6-8/h3-4,7-8H,5-6H2,1-2H3. The molecule has 0 aliphatic heterocycles. The van der Waals surface area contributed by atoms with Crippen molar-refractivity contribution in [2.75, 3.05) is 19.0 Å². The molecule has 1 aliphatic rings. The zero-order valence-corrected chi connectivity index (χ0v) is 8.03. The molecule has 70 valence electrons. The molecule has 0 bridgehead atoms. The number of hydrogen-bond acceptors (Lipinski definition) is 3. The highest BCUT2D eigenvalue weighted by molar-refractivity contribution is 5.50. The van der Waals surface area contributed by atoms with Crippen LogP contribution in [-0.4, -0.2) is 25.2 Å². The Morgan fingerprint density at radius 3 is 2.85 bits per heavy atom. The van der Waals surface area contributed by atoms with Crippen molar-refractivity contribution in [2.45, 2.75) is 18.9 Å². The lowest BCUT2D eigenvalue weighted by Crippen LogP contribution is -2.12. The van der Waals surface area contributed by atoms with Crippen LogP contribution in [0, 0.1) is 0 Å². The second kappa shape index (κ2) is 3.24. The first-order chi connectivity index (χ1) is 6.27. The van der Waals surface area contributed by atoms with Crippen LogP contribution in [0.25, 0.3) is 0 Å². The lowest BCUT2D eigenvalue weighted by molar-refractivity contribution is 0.303. The Morgan fingerprint density at radius 2 is 2.23 bits per heavy atom. The maximum Gasteiger partial charge on any atom is 0.170 e. The van der Waals surface area contributed by atoms with Crippen molar-refractivity contribution < 1.29 is 4.74 Å². The lowest BCUT2D eigenvalue weighted by Gasteiger charge is -2.15. The SMILES string of the molecule is CN(C)c1ncccc1OC1CC1. The Hall–Kier alpha value is -1.25. The molecule has 1 aromatic rings. The third-order valence-electron chi connectivity index (χ3n) is 1.99. The second-order valence-corrected chi connectivity index (χ2v) is 3.54. The highest BCUT2D eigenvalue weighted by Crippen LogP contribution is 2.31. The molecule has 1 heterocycles. The van der Waals surface area contributed by atoms with Crippen molar-refractivity contribution in [1.82, 2.24) is 4.98 Å². The molecule has 0 saturated heterocycles. The predicted octanol–water partition coefficient (Wildman–Crippen LogP) is 1.69. The van der Waals surface area contributed by atoms with Gasteiger partial charge in [0.2, 0.25) is 0 Å². The molecular weight excluding hydrogens is 164 g/mol. The van der Waals surface area contributed by atoms with Gasteiger partial charge in [-0.15, -0.1) is 0 Å². The maximum atomic E-state index is 5.71. The molecule has 0 aromatic carbocycles. The van der Waals surface area contributed by atoms with Gasteiger partial charge >= 0.3 is 0 Å². The summed E-state index contributed by atoms with van der Waals surface area (Å²) in [6.07, 6.45) is 4.58. The molecule has 2 rings (SSSR count).